The highest BCUT2D eigenvalue weighted by atomic mass is 32.1. The van der Waals surface area contributed by atoms with Crippen LogP contribution in [0.3, 0.4) is 0 Å². The van der Waals surface area contributed by atoms with Gasteiger partial charge in [0, 0.05) is 6.54 Å². The Labute approximate surface area is 107 Å². The first-order valence-electron chi connectivity index (χ1n) is 5.75. The molecule has 1 heterocycles. The molecule has 5 heteroatoms. The van der Waals surface area contributed by atoms with Gasteiger partial charge in [0.1, 0.15) is 4.88 Å². The summed E-state index contributed by atoms with van der Waals surface area (Å²) in [5.74, 6) is 0.431. The first-order chi connectivity index (χ1) is 7.74. The Morgan fingerprint density at radius 1 is 1.53 bits per heavy atom. The number of carbonyl (C=O) groups is 1. The third-order valence-electron chi connectivity index (χ3n) is 3.29. The molecule has 17 heavy (non-hydrogen) atoms. The molecule has 1 rings (SSSR count). The Kier molecular flexibility index (Phi) is 4.14. The van der Waals surface area contributed by atoms with Crippen LogP contribution in [0.1, 0.15) is 43.1 Å². The van der Waals surface area contributed by atoms with E-state index in [1.165, 1.54) is 11.3 Å². The quantitative estimate of drug-likeness (QED) is 0.868. The van der Waals surface area contributed by atoms with Gasteiger partial charge in [-0.2, -0.15) is 0 Å². The molecule has 4 nitrogen and oxygen atoms in total. The van der Waals surface area contributed by atoms with Crippen LogP contribution in [0.4, 0.5) is 5.13 Å². The van der Waals surface area contributed by atoms with E-state index < -0.39 is 0 Å². The number of amides is 1. The fraction of sp³-hybridized carbons (Fsp3) is 0.667. The summed E-state index contributed by atoms with van der Waals surface area (Å²) in [6, 6.07) is 0. The monoisotopic (exact) mass is 255 g/mol. The number of nitrogen functional groups attached to an aromatic ring is 1. The summed E-state index contributed by atoms with van der Waals surface area (Å²) in [4.78, 5) is 16.6. The molecule has 0 aromatic carbocycles. The Morgan fingerprint density at radius 3 is 2.53 bits per heavy atom. The van der Waals surface area contributed by atoms with Crippen molar-refractivity contribution in [3.63, 3.8) is 0 Å². The van der Waals surface area contributed by atoms with Gasteiger partial charge < -0.3 is 11.1 Å². The van der Waals surface area contributed by atoms with E-state index in [1.807, 2.05) is 0 Å². The Morgan fingerprint density at radius 2 is 2.12 bits per heavy atom. The second-order valence-electron chi connectivity index (χ2n) is 5.29. The summed E-state index contributed by atoms with van der Waals surface area (Å²) in [5.41, 5.74) is 6.36. The summed E-state index contributed by atoms with van der Waals surface area (Å²) >= 11 is 1.24. The minimum Gasteiger partial charge on any atom is -0.375 e. The van der Waals surface area contributed by atoms with Gasteiger partial charge in [0.15, 0.2) is 5.13 Å². The Balaban J connectivity index is 2.65. The van der Waals surface area contributed by atoms with E-state index in [1.54, 1.807) is 6.92 Å². The summed E-state index contributed by atoms with van der Waals surface area (Å²) in [7, 11) is 0. The maximum atomic E-state index is 12.0. The van der Waals surface area contributed by atoms with Crippen LogP contribution in [-0.2, 0) is 0 Å². The van der Waals surface area contributed by atoms with Crippen molar-refractivity contribution < 1.29 is 4.79 Å². The van der Waals surface area contributed by atoms with Crippen molar-refractivity contribution in [1.82, 2.24) is 10.3 Å². The molecule has 0 radical (unpaired) electrons. The number of nitrogens with one attached hydrogen (secondary N) is 1. The standard InChI is InChI=1S/C12H21N3OS/c1-7(2)12(4,5)6-14-10(16)9-8(3)15-11(13)17-9/h7H,6H2,1-5H3,(H2,13,15)(H,14,16). The number of hydrogen-bond acceptors (Lipinski definition) is 4. The number of thiazole rings is 1. The highest BCUT2D eigenvalue weighted by Crippen LogP contribution is 2.25. The molecule has 1 amide bonds. The fourth-order valence-corrected chi connectivity index (χ4v) is 1.97. The van der Waals surface area contributed by atoms with E-state index in [4.69, 9.17) is 5.73 Å². The van der Waals surface area contributed by atoms with Crippen molar-refractivity contribution >= 4 is 22.4 Å². The first kappa shape index (κ1) is 14.0. The van der Waals surface area contributed by atoms with Gasteiger partial charge in [-0.15, -0.1) is 0 Å². The topological polar surface area (TPSA) is 68.0 Å². The van der Waals surface area contributed by atoms with Crippen molar-refractivity contribution in [3.8, 4) is 0 Å². The fourth-order valence-electron chi connectivity index (χ4n) is 1.22. The highest BCUT2D eigenvalue weighted by molar-refractivity contribution is 7.17. The predicted molar refractivity (Wildman–Crippen MR) is 72.2 cm³/mol. The van der Waals surface area contributed by atoms with Crippen LogP contribution in [0.2, 0.25) is 0 Å². The largest absolute Gasteiger partial charge is 0.375 e. The SMILES string of the molecule is Cc1nc(N)sc1C(=O)NCC(C)(C)C(C)C. The highest BCUT2D eigenvalue weighted by Gasteiger charge is 2.24. The van der Waals surface area contributed by atoms with Crippen LogP contribution >= 0.6 is 11.3 Å². The van der Waals surface area contributed by atoms with Crippen LogP contribution in [0.15, 0.2) is 0 Å². The molecule has 96 valence electrons. The lowest BCUT2D eigenvalue weighted by Gasteiger charge is -2.29. The zero-order valence-electron chi connectivity index (χ0n) is 11.1. The van der Waals surface area contributed by atoms with E-state index in [9.17, 15) is 4.79 Å². The number of aromatic nitrogens is 1. The van der Waals surface area contributed by atoms with Gasteiger partial charge in [0.25, 0.3) is 5.91 Å². The zero-order valence-corrected chi connectivity index (χ0v) is 11.9. The number of nitrogens with two attached hydrogens (primary N) is 1. The molecular formula is C12H21N3OS. The van der Waals surface area contributed by atoms with Gasteiger partial charge in [0.05, 0.1) is 5.69 Å². The average Bonchev–Trinajstić information content (AvgIpc) is 2.54. The van der Waals surface area contributed by atoms with Gasteiger partial charge in [-0.3, -0.25) is 4.79 Å². The molecule has 0 aliphatic rings. The normalized spacial score (nSPS) is 11.9. The smallest absolute Gasteiger partial charge is 0.263 e. The molecule has 0 saturated carbocycles. The van der Waals surface area contributed by atoms with Gasteiger partial charge in [-0.1, -0.05) is 39.0 Å². The lowest BCUT2D eigenvalue weighted by molar-refractivity contribution is 0.0928. The molecule has 0 bridgehead atoms. The van der Waals surface area contributed by atoms with Crippen molar-refractivity contribution in [1.29, 1.82) is 0 Å². The van der Waals surface area contributed by atoms with E-state index in [0.29, 0.717) is 28.2 Å². The van der Waals surface area contributed by atoms with Gasteiger partial charge in [0.2, 0.25) is 0 Å². The third-order valence-corrected chi connectivity index (χ3v) is 4.27. The van der Waals surface area contributed by atoms with E-state index >= 15 is 0 Å². The van der Waals surface area contributed by atoms with Crippen molar-refractivity contribution in [2.24, 2.45) is 11.3 Å². The molecule has 0 aliphatic heterocycles. The second-order valence-corrected chi connectivity index (χ2v) is 6.32. The lowest BCUT2D eigenvalue weighted by Crippen LogP contribution is -2.36. The summed E-state index contributed by atoms with van der Waals surface area (Å²) in [6.45, 7) is 11.1. The van der Waals surface area contributed by atoms with Crippen LogP contribution < -0.4 is 11.1 Å². The van der Waals surface area contributed by atoms with Gasteiger partial charge >= 0.3 is 0 Å². The third kappa shape index (κ3) is 3.43. The molecular weight excluding hydrogens is 234 g/mol. The molecule has 3 N–H and O–H groups in total. The van der Waals surface area contributed by atoms with Gasteiger partial charge in [-0.05, 0) is 18.3 Å². The maximum absolute atomic E-state index is 12.0. The Bertz CT molecular complexity index is 410. The average molecular weight is 255 g/mol. The van der Waals surface area contributed by atoms with Crippen molar-refractivity contribution in [3.05, 3.63) is 10.6 Å². The predicted octanol–water partition coefficient (Wildman–Crippen LogP) is 2.45. The van der Waals surface area contributed by atoms with E-state index in [0.717, 1.165) is 0 Å². The lowest BCUT2D eigenvalue weighted by atomic mass is 9.81. The number of hydrogen-bond donors (Lipinski definition) is 2. The van der Waals surface area contributed by atoms with Crippen LogP contribution in [-0.4, -0.2) is 17.4 Å². The molecule has 1 aromatic heterocycles. The number of anilines is 1. The van der Waals surface area contributed by atoms with Gasteiger partial charge in [-0.25, -0.2) is 4.98 Å². The first-order valence-corrected chi connectivity index (χ1v) is 6.57. The molecule has 0 saturated heterocycles. The number of nitrogens with zero attached hydrogens (tertiary/aromatic N) is 1. The molecule has 0 fully saturated rings. The van der Waals surface area contributed by atoms with Crippen LogP contribution in [0.5, 0.6) is 0 Å². The van der Waals surface area contributed by atoms with Crippen LogP contribution in [0.25, 0.3) is 0 Å². The minimum atomic E-state index is -0.0783. The summed E-state index contributed by atoms with van der Waals surface area (Å²) < 4.78 is 0. The molecule has 0 aliphatic carbocycles. The van der Waals surface area contributed by atoms with Crippen molar-refractivity contribution in [2.75, 3.05) is 12.3 Å². The maximum Gasteiger partial charge on any atom is 0.263 e. The second kappa shape index (κ2) is 5.04. The van der Waals surface area contributed by atoms with E-state index in [2.05, 4.69) is 38.0 Å². The van der Waals surface area contributed by atoms with Crippen molar-refractivity contribution in [2.45, 2.75) is 34.6 Å². The van der Waals surface area contributed by atoms with E-state index in [-0.39, 0.29) is 11.3 Å². The number of rotatable bonds is 4. The Hall–Kier alpha value is -1.10. The summed E-state index contributed by atoms with van der Waals surface area (Å²) in [5, 5.41) is 3.39. The zero-order chi connectivity index (χ0) is 13.2. The molecule has 1 aromatic rings. The summed E-state index contributed by atoms with van der Waals surface area (Å²) in [6.07, 6.45) is 0. The van der Waals surface area contributed by atoms with Crippen LogP contribution in [0, 0.1) is 18.3 Å². The minimum absolute atomic E-state index is 0.0783. The number of carbonyl (C=O) groups excluding carboxylic acids is 1. The molecule has 0 atom stereocenters. The molecule has 0 unspecified atom stereocenters. The molecule has 0 spiro atoms. The number of aryl methyl sites for hydroxylation is 1.